The predicted octanol–water partition coefficient (Wildman–Crippen LogP) is 13.5. The Kier molecular flexibility index (Phi) is 7.33. The Labute approximate surface area is 311 Å². The molecule has 1 unspecified atom stereocenters. The average molecular weight is 681 g/mol. The molecule has 1 aromatic heterocycles. The molecule has 0 amide bonds. The van der Waals surface area contributed by atoms with Crippen LogP contribution in [0.5, 0.6) is 0 Å². The zero-order chi connectivity index (χ0) is 35.5. The van der Waals surface area contributed by atoms with Gasteiger partial charge in [-0.05, 0) is 106 Å². The highest BCUT2D eigenvalue weighted by Crippen LogP contribution is 2.50. The molecule has 0 bridgehead atoms. The van der Waals surface area contributed by atoms with Gasteiger partial charge in [-0.25, -0.2) is 0 Å². The van der Waals surface area contributed by atoms with Crippen molar-refractivity contribution in [3.63, 3.8) is 0 Å². The fourth-order valence-corrected chi connectivity index (χ4v) is 8.81. The van der Waals surface area contributed by atoms with Crippen LogP contribution in [-0.4, -0.2) is 4.57 Å². The summed E-state index contributed by atoms with van der Waals surface area (Å²) >= 11 is 0. The van der Waals surface area contributed by atoms with E-state index in [1.54, 1.807) is 0 Å². The molecule has 2 aliphatic carbocycles. The van der Waals surface area contributed by atoms with Gasteiger partial charge in [0.1, 0.15) is 0 Å². The first-order valence-corrected chi connectivity index (χ1v) is 18.7. The molecule has 0 saturated carbocycles. The summed E-state index contributed by atoms with van der Waals surface area (Å²) in [6.45, 7) is 4.72. The zero-order valence-electron chi connectivity index (χ0n) is 30.1. The van der Waals surface area contributed by atoms with Crippen LogP contribution in [0.4, 0.5) is 11.4 Å². The summed E-state index contributed by atoms with van der Waals surface area (Å²) in [4.78, 5) is 2.44. The maximum absolute atomic E-state index is 2.44. The zero-order valence-corrected chi connectivity index (χ0v) is 30.1. The summed E-state index contributed by atoms with van der Waals surface area (Å²) in [5, 5.41) is 2.53. The van der Waals surface area contributed by atoms with Gasteiger partial charge in [0.2, 0.25) is 0 Å². The number of fused-ring (bicyclic) bond motifs is 6. The van der Waals surface area contributed by atoms with Gasteiger partial charge in [0.05, 0.1) is 11.0 Å². The topological polar surface area (TPSA) is 8.17 Å². The number of hydrogen-bond acceptors (Lipinski definition) is 1. The third-order valence-corrected chi connectivity index (χ3v) is 11.5. The van der Waals surface area contributed by atoms with Gasteiger partial charge in [-0.2, -0.15) is 0 Å². The van der Waals surface area contributed by atoms with E-state index in [0.29, 0.717) is 5.92 Å². The molecule has 1 heterocycles. The minimum absolute atomic E-state index is 0.0745. The Hall–Kier alpha value is -6.38. The van der Waals surface area contributed by atoms with Crippen LogP contribution in [0.2, 0.25) is 0 Å². The van der Waals surface area contributed by atoms with Crippen LogP contribution in [0.3, 0.4) is 0 Å². The van der Waals surface area contributed by atoms with E-state index in [2.05, 4.69) is 211 Å². The van der Waals surface area contributed by atoms with E-state index in [-0.39, 0.29) is 5.41 Å². The second-order valence-electron chi connectivity index (χ2n) is 14.9. The Morgan fingerprint density at radius 2 is 1.21 bits per heavy atom. The Bertz CT molecular complexity index is 2710. The summed E-state index contributed by atoms with van der Waals surface area (Å²) in [5.74, 6) is 0.375. The van der Waals surface area contributed by atoms with Crippen molar-refractivity contribution in [3.05, 3.63) is 210 Å². The summed E-state index contributed by atoms with van der Waals surface area (Å²) in [6, 6.07) is 62.3. The maximum Gasteiger partial charge on any atom is 0.0541 e. The predicted molar refractivity (Wildman–Crippen MR) is 223 cm³/mol. The minimum atomic E-state index is -0.0745. The van der Waals surface area contributed by atoms with Crippen LogP contribution in [0.15, 0.2) is 194 Å². The van der Waals surface area contributed by atoms with Crippen molar-refractivity contribution in [2.24, 2.45) is 0 Å². The highest BCUT2D eigenvalue weighted by molar-refractivity contribution is 6.10. The fraction of sp³-hybridized carbons (Fsp3) is 0.0980. The van der Waals surface area contributed by atoms with Gasteiger partial charge < -0.3 is 9.47 Å². The van der Waals surface area contributed by atoms with E-state index in [1.165, 1.54) is 77.8 Å². The molecule has 10 rings (SSSR count). The molecule has 0 radical (unpaired) electrons. The SMILES string of the molecule is CC1(C)c2ccccc2-c2ccc(N(C3=CCC(c4ccccc4)C=C3)c3ccc(-c4ccc5c(c4)c4ccccc4n5-c4ccccc4)cc3)cc21. The van der Waals surface area contributed by atoms with Crippen LogP contribution in [0, 0.1) is 0 Å². The van der Waals surface area contributed by atoms with Crippen molar-refractivity contribution < 1.29 is 0 Å². The van der Waals surface area contributed by atoms with Gasteiger partial charge in [-0.15, -0.1) is 0 Å². The number of para-hydroxylation sites is 2. The van der Waals surface area contributed by atoms with Gasteiger partial charge in [0.15, 0.2) is 0 Å². The van der Waals surface area contributed by atoms with E-state index < -0.39 is 0 Å². The molecular formula is C51H40N2. The van der Waals surface area contributed by atoms with E-state index in [9.17, 15) is 0 Å². The van der Waals surface area contributed by atoms with E-state index in [0.717, 1.165) is 12.1 Å². The molecule has 2 nitrogen and oxygen atoms in total. The average Bonchev–Trinajstić information content (AvgIpc) is 3.67. The smallest absolute Gasteiger partial charge is 0.0541 e. The lowest BCUT2D eigenvalue weighted by atomic mass is 9.82. The Morgan fingerprint density at radius 3 is 2.00 bits per heavy atom. The molecule has 8 aromatic rings. The lowest BCUT2D eigenvalue weighted by molar-refractivity contribution is 0.660. The number of hydrogen-bond donors (Lipinski definition) is 0. The van der Waals surface area contributed by atoms with Crippen LogP contribution in [0.1, 0.15) is 42.9 Å². The molecule has 53 heavy (non-hydrogen) atoms. The molecule has 0 aliphatic heterocycles. The largest absolute Gasteiger partial charge is 0.311 e. The summed E-state index contributed by atoms with van der Waals surface area (Å²) in [7, 11) is 0. The number of anilines is 2. The Balaban J connectivity index is 1.05. The van der Waals surface area contributed by atoms with Crippen molar-refractivity contribution in [1.29, 1.82) is 0 Å². The maximum atomic E-state index is 2.44. The van der Waals surface area contributed by atoms with Crippen molar-refractivity contribution >= 4 is 33.2 Å². The Morgan fingerprint density at radius 1 is 0.547 bits per heavy atom. The normalized spacial score (nSPS) is 15.7. The van der Waals surface area contributed by atoms with Crippen LogP contribution in [-0.2, 0) is 5.41 Å². The van der Waals surface area contributed by atoms with E-state index >= 15 is 0 Å². The van der Waals surface area contributed by atoms with E-state index in [1.807, 2.05) is 0 Å². The molecule has 2 heteroatoms. The standard InChI is InChI=1S/C51H40N2/c1-51(2)47-19-11-9-17-43(47)44-31-30-42(34-48(44)51)52(40-26-21-36(22-27-40)35-13-5-3-6-14-35)41-28-23-37(24-29-41)38-25-32-50-46(33-38)45-18-10-12-20-49(45)53(50)39-15-7-4-8-16-39/h3-21,23-34,36H,22H2,1-2H3. The number of rotatable bonds is 6. The van der Waals surface area contributed by atoms with Gasteiger partial charge >= 0.3 is 0 Å². The number of benzene rings is 7. The number of allylic oxidation sites excluding steroid dienone is 3. The first-order valence-electron chi connectivity index (χ1n) is 18.7. The number of nitrogens with zero attached hydrogens (tertiary/aromatic N) is 2. The fourth-order valence-electron chi connectivity index (χ4n) is 8.81. The molecule has 0 fully saturated rings. The first-order chi connectivity index (χ1) is 26.0. The lowest BCUT2D eigenvalue weighted by Crippen LogP contribution is -2.19. The van der Waals surface area contributed by atoms with Gasteiger partial charge in [-0.3, -0.25) is 0 Å². The lowest BCUT2D eigenvalue weighted by Gasteiger charge is -2.31. The molecular weight excluding hydrogens is 641 g/mol. The number of aromatic nitrogens is 1. The monoisotopic (exact) mass is 680 g/mol. The highest BCUT2D eigenvalue weighted by Gasteiger charge is 2.35. The van der Waals surface area contributed by atoms with Crippen molar-refractivity contribution in [1.82, 2.24) is 4.57 Å². The van der Waals surface area contributed by atoms with Gasteiger partial charge in [-0.1, -0.05) is 141 Å². The molecule has 0 N–H and O–H groups in total. The highest BCUT2D eigenvalue weighted by atomic mass is 15.1. The molecule has 0 saturated heterocycles. The molecule has 2 aliphatic rings. The second-order valence-corrected chi connectivity index (χ2v) is 14.9. The van der Waals surface area contributed by atoms with E-state index in [4.69, 9.17) is 0 Å². The summed E-state index contributed by atoms with van der Waals surface area (Å²) in [6.07, 6.45) is 8.07. The quantitative estimate of drug-likeness (QED) is 0.170. The molecule has 1 atom stereocenters. The molecule has 7 aromatic carbocycles. The third kappa shape index (κ3) is 5.17. The molecule has 0 spiro atoms. The van der Waals surface area contributed by atoms with Crippen LogP contribution in [0.25, 0.3) is 49.7 Å². The van der Waals surface area contributed by atoms with Gasteiger partial charge in [0.25, 0.3) is 0 Å². The van der Waals surface area contributed by atoms with Crippen LogP contribution >= 0.6 is 0 Å². The van der Waals surface area contributed by atoms with Crippen molar-refractivity contribution in [3.8, 4) is 27.9 Å². The van der Waals surface area contributed by atoms with Crippen molar-refractivity contribution in [2.75, 3.05) is 4.90 Å². The first kappa shape index (κ1) is 31.4. The van der Waals surface area contributed by atoms with Crippen molar-refractivity contribution in [2.45, 2.75) is 31.6 Å². The van der Waals surface area contributed by atoms with Crippen LogP contribution < -0.4 is 4.90 Å². The third-order valence-electron chi connectivity index (χ3n) is 11.5. The second kappa shape index (κ2) is 12.4. The van der Waals surface area contributed by atoms with Gasteiger partial charge in [0, 0.05) is 44.9 Å². The minimum Gasteiger partial charge on any atom is -0.311 e. The molecule has 254 valence electrons. The summed E-state index contributed by atoms with van der Waals surface area (Å²) < 4.78 is 2.37. The summed E-state index contributed by atoms with van der Waals surface area (Å²) in [5.41, 5.74) is 16.3.